The summed E-state index contributed by atoms with van der Waals surface area (Å²) in [6, 6.07) is 0. The highest BCUT2D eigenvalue weighted by Gasteiger charge is 2.44. The average Bonchev–Trinajstić information content (AvgIpc) is 2.09. The Balaban J connectivity index is 2.71. The summed E-state index contributed by atoms with van der Waals surface area (Å²) in [4.78, 5) is 0. The predicted molar refractivity (Wildman–Crippen MR) is 50.3 cm³/mol. The molecular weight excluding hydrogens is 171 g/mol. The lowest BCUT2D eigenvalue weighted by Gasteiger charge is -2.42. The monoisotopic (exact) mass is 188 g/mol. The van der Waals surface area contributed by atoms with Crippen molar-refractivity contribution in [3.05, 3.63) is 0 Å². The van der Waals surface area contributed by atoms with Crippen molar-refractivity contribution in [1.82, 2.24) is 0 Å². The Labute approximate surface area is 78.9 Å². The Morgan fingerprint density at radius 1 is 1.69 bits per heavy atom. The quantitative estimate of drug-likeness (QED) is 0.445. The fourth-order valence-corrected chi connectivity index (χ4v) is 1.64. The van der Waals surface area contributed by atoms with Gasteiger partial charge < -0.3 is 20.1 Å². The summed E-state index contributed by atoms with van der Waals surface area (Å²) in [5, 5.41) is 28.4. The molecule has 0 aromatic carbocycles. The summed E-state index contributed by atoms with van der Waals surface area (Å²) >= 11 is 0. The average molecular weight is 188 g/mol. The number of rotatable bonds is 2. The topological polar surface area (TPSA) is 69.9 Å². The zero-order valence-electron chi connectivity index (χ0n) is 8.10. The van der Waals surface area contributed by atoms with Gasteiger partial charge in [0.15, 0.2) is 0 Å². The highest BCUT2D eigenvalue weighted by Crippen LogP contribution is 2.30. The molecule has 1 aliphatic heterocycles. The van der Waals surface area contributed by atoms with E-state index in [0.29, 0.717) is 6.61 Å². The molecule has 1 heterocycles. The Kier molecular flexibility index (Phi) is 3.35. The summed E-state index contributed by atoms with van der Waals surface area (Å²) in [6.45, 7) is 1.95. The van der Waals surface area contributed by atoms with Crippen LogP contribution in [0, 0.1) is 5.92 Å². The van der Waals surface area contributed by atoms with E-state index in [2.05, 4.69) is 0 Å². The van der Waals surface area contributed by atoms with E-state index in [-0.39, 0.29) is 18.3 Å². The maximum absolute atomic E-state index is 9.77. The summed E-state index contributed by atoms with van der Waals surface area (Å²) in [6.07, 6.45) is -0.897. The van der Waals surface area contributed by atoms with Gasteiger partial charge in [0.2, 0.25) is 0 Å². The molecule has 3 N–H and O–H groups in total. The molecule has 0 spiro atoms. The van der Waals surface area contributed by atoms with E-state index < -0.39 is 18.3 Å². The van der Waals surface area contributed by atoms with Gasteiger partial charge >= 0.3 is 0 Å². The van der Waals surface area contributed by atoms with Crippen molar-refractivity contribution in [2.24, 2.45) is 5.92 Å². The summed E-state index contributed by atoms with van der Waals surface area (Å²) < 4.78 is 5.15. The standard InChI is InChI=1S/C8H17BO4/c1-5(9)6-2-13-4-8(12,3-10)7(6)11/h5-7,10-12H,2-4,9H2,1H3/t5?,6?,7?,8-/m0/s1. The second-order valence-electron chi connectivity index (χ2n) is 4.13. The lowest BCUT2D eigenvalue weighted by atomic mass is 9.71. The molecule has 4 nitrogen and oxygen atoms in total. The third-order valence-corrected chi connectivity index (χ3v) is 2.75. The van der Waals surface area contributed by atoms with Crippen molar-refractivity contribution in [3.63, 3.8) is 0 Å². The van der Waals surface area contributed by atoms with Crippen molar-refractivity contribution >= 4 is 7.85 Å². The van der Waals surface area contributed by atoms with Gasteiger partial charge in [-0.3, -0.25) is 0 Å². The van der Waals surface area contributed by atoms with Gasteiger partial charge in [0, 0.05) is 5.92 Å². The van der Waals surface area contributed by atoms with Crippen molar-refractivity contribution in [3.8, 4) is 0 Å². The molecular formula is C8H17BO4. The van der Waals surface area contributed by atoms with Gasteiger partial charge in [0.25, 0.3) is 0 Å². The normalized spacial score (nSPS) is 43.1. The second kappa shape index (κ2) is 3.96. The number of aliphatic hydroxyl groups is 3. The molecule has 0 saturated carbocycles. The summed E-state index contributed by atoms with van der Waals surface area (Å²) in [5.41, 5.74) is -1.48. The summed E-state index contributed by atoms with van der Waals surface area (Å²) in [7, 11) is 1.96. The Hall–Kier alpha value is -0.0951. The van der Waals surface area contributed by atoms with E-state index in [1.165, 1.54) is 0 Å². The Bertz CT molecular complexity index is 176. The van der Waals surface area contributed by atoms with Crippen LogP contribution in [0.4, 0.5) is 0 Å². The van der Waals surface area contributed by atoms with Crippen LogP contribution in [-0.4, -0.2) is 54.7 Å². The lowest BCUT2D eigenvalue weighted by molar-refractivity contribution is -0.201. The first-order valence-electron chi connectivity index (χ1n) is 4.60. The van der Waals surface area contributed by atoms with Crippen LogP contribution < -0.4 is 0 Å². The number of aliphatic hydroxyl groups excluding tert-OH is 2. The van der Waals surface area contributed by atoms with Gasteiger partial charge in [0.05, 0.1) is 25.9 Å². The molecule has 1 aliphatic rings. The molecule has 1 saturated heterocycles. The highest BCUT2D eigenvalue weighted by atomic mass is 16.5. The zero-order valence-corrected chi connectivity index (χ0v) is 8.10. The molecule has 0 radical (unpaired) electrons. The second-order valence-corrected chi connectivity index (χ2v) is 4.13. The van der Waals surface area contributed by atoms with Crippen LogP contribution in [0.15, 0.2) is 0 Å². The zero-order chi connectivity index (χ0) is 10.1. The Morgan fingerprint density at radius 2 is 2.31 bits per heavy atom. The molecule has 0 aromatic heterocycles. The molecule has 1 fully saturated rings. The number of hydrogen-bond donors (Lipinski definition) is 3. The fraction of sp³-hybridized carbons (Fsp3) is 1.00. The molecule has 0 aliphatic carbocycles. The molecule has 3 unspecified atom stereocenters. The van der Waals surface area contributed by atoms with Gasteiger partial charge in [-0.15, -0.1) is 0 Å². The first-order valence-corrected chi connectivity index (χ1v) is 4.60. The molecule has 76 valence electrons. The molecule has 0 aromatic rings. The van der Waals surface area contributed by atoms with E-state index in [1.54, 1.807) is 0 Å². The van der Waals surface area contributed by atoms with Crippen LogP contribution in [0.5, 0.6) is 0 Å². The van der Waals surface area contributed by atoms with Crippen LogP contribution in [0.3, 0.4) is 0 Å². The van der Waals surface area contributed by atoms with Crippen molar-refractivity contribution in [2.45, 2.75) is 24.4 Å². The molecule has 4 atom stereocenters. The minimum atomic E-state index is -1.48. The van der Waals surface area contributed by atoms with Crippen LogP contribution >= 0.6 is 0 Å². The van der Waals surface area contributed by atoms with Crippen LogP contribution in [-0.2, 0) is 4.74 Å². The lowest BCUT2D eigenvalue weighted by Crippen LogP contribution is -2.58. The van der Waals surface area contributed by atoms with Gasteiger partial charge in [-0.1, -0.05) is 12.7 Å². The highest BCUT2D eigenvalue weighted by molar-refractivity contribution is 6.11. The molecule has 1 rings (SSSR count). The van der Waals surface area contributed by atoms with Gasteiger partial charge in [-0.2, -0.15) is 0 Å². The minimum absolute atomic E-state index is 0.00782. The third kappa shape index (κ3) is 2.04. The van der Waals surface area contributed by atoms with E-state index in [4.69, 9.17) is 9.84 Å². The minimum Gasteiger partial charge on any atom is -0.393 e. The Morgan fingerprint density at radius 3 is 2.77 bits per heavy atom. The SMILES string of the molecule is BC(C)C1COC[C@@](O)(CO)C1O. The smallest absolute Gasteiger partial charge is 0.137 e. The van der Waals surface area contributed by atoms with Crippen molar-refractivity contribution < 1.29 is 20.1 Å². The molecule has 0 amide bonds. The van der Waals surface area contributed by atoms with Gasteiger partial charge in [0.1, 0.15) is 13.4 Å². The van der Waals surface area contributed by atoms with Gasteiger partial charge in [-0.05, 0) is 0 Å². The van der Waals surface area contributed by atoms with E-state index in [1.807, 2.05) is 14.8 Å². The number of hydrogen-bond acceptors (Lipinski definition) is 4. The molecule has 5 heteroatoms. The van der Waals surface area contributed by atoms with Crippen LogP contribution in [0.1, 0.15) is 6.92 Å². The largest absolute Gasteiger partial charge is 0.393 e. The maximum atomic E-state index is 9.77. The molecule has 0 bridgehead atoms. The maximum Gasteiger partial charge on any atom is 0.137 e. The summed E-state index contributed by atoms with van der Waals surface area (Å²) in [5.74, 6) is 0.124. The molecule has 13 heavy (non-hydrogen) atoms. The van der Waals surface area contributed by atoms with E-state index >= 15 is 0 Å². The van der Waals surface area contributed by atoms with Crippen LogP contribution in [0.2, 0.25) is 5.82 Å². The first-order chi connectivity index (χ1) is 6.01. The fourth-order valence-electron chi connectivity index (χ4n) is 1.64. The predicted octanol–water partition coefficient (Wildman–Crippen LogP) is -1.84. The van der Waals surface area contributed by atoms with E-state index in [9.17, 15) is 10.2 Å². The first kappa shape index (κ1) is 11.0. The van der Waals surface area contributed by atoms with Gasteiger partial charge in [-0.25, -0.2) is 0 Å². The van der Waals surface area contributed by atoms with Crippen LogP contribution in [0.25, 0.3) is 0 Å². The van der Waals surface area contributed by atoms with E-state index in [0.717, 1.165) is 0 Å². The van der Waals surface area contributed by atoms with Crippen molar-refractivity contribution in [2.75, 3.05) is 19.8 Å². The third-order valence-electron chi connectivity index (χ3n) is 2.75. The number of ether oxygens (including phenoxy) is 1. The van der Waals surface area contributed by atoms with Crippen molar-refractivity contribution in [1.29, 1.82) is 0 Å².